The minimum Gasteiger partial charge on any atom is -0.494 e. The number of aliphatic hydroxyl groups excluding tert-OH is 1. The van der Waals surface area contributed by atoms with E-state index in [9.17, 15) is 24.3 Å². The molecule has 0 fully saturated rings. The number of hydrogen-bond donors (Lipinski definition) is 5. The first-order valence-electron chi connectivity index (χ1n) is 13.6. The molecule has 0 unspecified atom stereocenters. The van der Waals surface area contributed by atoms with Gasteiger partial charge in [0.1, 0.15) is 17.8 Å². The summed E-state index contributed by atoms with van der Waals surface area (Å²) in [7, 11) is 0. The molecule has 0 spiro atoms. The highest BCUT2D eigenvalue weighted by Crippen LogP contribution is 2.18. The van der Waals surface area contributed by atoms with Gasteiger partial charge in [0.15, 0.2) is 0 Å². The number of aliphatic hydroxyl groups is 1. The third kappa shape index (κ3) is 9.08. The van der Waals surface area contributed by atoms with Gasteiger partial charge in [-0.2, -0.15) is 0 Å². The van der Waals surface area contributed by atoms with Crippen LogP contribution in [0.1, 0.15) is 49.8 Å². The lowest BCUT2D eigenvalue weighted by Gasteiger charge is -2.27. The predicted octanol–water partition coefficient (Wildman–Crippen LogP) is 1.52. The molecule has 10 heteroatoms. The number of amides is 4. The van der Waals surface area contributed by atoms with Crippen LogP contribution in [0, 0.1) is 12.3 Å². The van der Waals surface area contributed by atoms with Crippen LogP contribution < -0.4 is 26.0 Å². The van der Waals surface area contributed by atoms with Crippen LogP contribution in [0.2, 0.25) is 0 Å². The maximum Gasteiger partial charge on any atom is 0.243 e. The molecule has 0 saturated carbocycles. The van der Waals surface area contributed by atoms with Crippen LogP contribution in [0.3, 0.4) is 0 Å². The van der Waals surface area contributed by atoms with E-state index in [1.54, 1.807) is 0 Å². The van der Waals surface area contributed by atoms with Crippen molar-refractivity contribution < 1.29 is 29.0 Å². The summed E-state index contributed by atoms with van der Waals surface area (Å²) in [5.74, 6) is -1.40. The molecule has 10 nitrogen and oxygen atoms in total. The molecule has 4 amide bonds. The Kier molecular flexibility index (Phi) is 11.1. The van der Waals surface area contributed by atoms with Gasteiger partial charge in [-0.05, 0) is 68.9 Å². The number of hydrogen-bond acceptors (Lipinski definition) is 6. The lowest BCUT2D eigenvalue weighted by molar-refractivity contribution is -0.137. The molecule has 40 heavy (non-hydrogen) atoms. The van der Waals surface area contributed by atoms with Crippen LogP contribution in [0.5, 0.6) is 5.75 Å². The van der Waals surface area contributed by atoms with Crippen molar-refractivity contribution in [3.63, 3.8) is 0 Å². The van der Waals surface area contributed by atoms with E-state index in [1.807, 2.05) is 55.5 Å². The van der Waals surface area contributed by atoms with Crippen LogP contribution in [0.4, 0.5) is 0 Å². The van der Waals surface area contributed by atoms with Crippen LogP contribution in [0.15, 0.2) is 48.5 Å². The van der Waals surface area contributed by atoms with E-state index in [0.717, 1.165) is 16.7 Å². The van der Waals surface area contributed by atoms with Crippen LogP contribution >= 0.6 is 0 Å². The smallest absolute Gasteiger partial charge is 0.243 e. The quantitative estimate of drug-likeness (QED) is 0.367. The summed E-state index contributed by atoms with van der Waals surface area (Å²) in [6, 6.07) is 13.1. The number of rotatable bonds is 6. The molecule has 2 aromatic carbocycles. The summed E-state index contributed by atoms with van der Waals surface area (Å²) in [6.07, 6.45) is 1.04. The Hall–Kier alpha value is -3.92. The molecule has 1 aliphatic rings. The van der Waals surface area contributed by atoms with Gasteiger partial charge in [-0.1, -0.05) is 36.4 Å². The van der Waals surface area contributed by atoms with Crippen molar-refractivity contribution in [2.24, 2.45) is 5.41 Å². The molecule has 2 bridgehead atoms. The van der Waals surface area contributed by atoms with Crippen molar-refractivity contribution in [3.05, 3.63) is 65.2 Å². The minimum absolute atomic E-state index is 0.241. The van der Waals surface area contributed by atoms with Crippen LogP contribution in [0.25, 0.3) is 0 Å². The molecular weight excluding hydrogens is 512 g/mol. The Labute approximate surface area is 235 Å². The van der Waals surface area contributed by atoms with Crippen LogP contribution in [-0.4, -0.2) is 60.6 Å². The Bertz CT molecular complexity index is 1180. The number of ether oxygens (including phenoxy) is 1. The van der Waals surface area contributed by atoms with Crippen molar-refractivity contribution in [3.8, 4) is 5.75 Å². The van der Waals surface area contributed by atoms with E-state index < -0.39 is 41.8 Å². The first-order chi connectivity index (χ1) is 19.1. The van der Waals surface area contributed by atoms with Gasteiger partial charge in [0.05, 0.1) is 25.0 Å². The van der Waals surface area contributed by atoms with Gasteiger partial charge in [-0.3, -0.25) is 19.2 Å². The van der Waals surface area contributed by atoms with Gasteiger partial charge >= 0.3 is 0 Å². The zero-order valence-electron chi connectivity index (χ0n) is 23.4. The third-order valence-electron chi connectivity index (χ3n) is 6.90. The third-order valence-corrected chi connectivity index (χ3v) is 6.90. The molecule has 1 aliphatic heterocycles. The number of aryl methyl sites for hydroxylation is 2. The molecule has 0 aliphatic carbocycles. The molecule has 2 atom stereocenters. The number of carbonyl (C=O) groups excluding carboxylic acids is 4. The molecule has 3 rings (SSSR count). The zero-order valence-corrected chi connectivity index (χ0v) is 23.4. The van der Waals surface area contributed by atoms with E-state index in [4.69, 9.17) is 4.74 Å². The average molecular weight is 553 g/mol. The maximum atomic E-state index is 13.5. The molecule has 0 aromatic heterocycles. The summed E-state index contributed by atoms with van der Waals surface area (Å²) >= 11 is 0. The summed E-state index contributed by atoms with van der Waals surface area (Å²) in [5.41, 5.74) is 1.70. The lowest BCUT2D eigenvalue weighted by Crippen LogP contribution is -2.56. The second-order valence-corrected chi connectivity index (χ2v) is 10.7. The van der Waals surface area contributed by atoms with E-state index in [2.05, 4.69) is 21.3 Å². The molecular formula is C30H40N4O6. The second-order valence-electron chi connectivity index (χ2n) is 10.7. The van der Waals surface area contributed by atoms with Gasteiger partial charge in [-0.15, -0.1) is 0 Å². The summed E-state index contributed by atoms with van der Waals surface area (Å²) in [5, 5.41) is 20.7. The number of benzene rings is 2. The number of carbonyl (C=O) groups is 4. The van der Waals surface area contributed by atoms with Gasteiger partial charge in [0.2, 0.25) is 23.6 Å². The standard InChI is InChI=1S/C30H40N4O6/c1-20-10-12-23-16-22(20)18-32-27(37)24(13-11-21-8-5-4-6-9-21)33-28(38)25(34-29(39)30(2,3)19-35)17-26(36)31-14-7-15-40-23/h4-6,8-10,12,16,24-25,35H,7,11,13-15,17-19H2,1-3H3,(H,31,36)(H,32,37)(H,33,38)(H,34,39)/t24-,25-/m0/s1. The molecule has 216 valence electrons. The largest absolute Gasteiger partial charge is 0.494 e. The van der Waals surface area contributed by atoms with Crippen molar-refractivity contribution >= 4 is 23.6 Å². The maximum absolute atomic E-state index is 13.5. The Balaban J connectivity index is 1.86. The Morgan fingerprint density at radius 1 is 1.07 bits per heavy atom. The van der Waals surface area contributed by atoms with Crippen molar-refractivity contribution in [1.29, 1.82) is 0 Å². The highest BCUT2D eigenvalue weighted by molar-refractivity contribution is 5.95. The predicted molar refractivity (Wildman–Crippen MR) is 150 cm³/mol. The highest BCUT2D eigenvalue weighted by atomic mass is 16.5. The second kappa shape index (κ2) is 14.5. The van der Waals surface area contributed by atoms with E-state index in [-0.39, 0.29) is 18.9 Å². The molecule has 0 radical (unpaired) electrons. The monoisotopic (exact) mass is 552 g/mol. The topological polar surface area (TPSA) is 146 Å². The summed E-state index contributed by atoms with van der Waals surface area (Å²) < 4.78 is 5.83. The van der Waals surface area contributed by atoms with Crippen molar-refractivity contribution in [2.45, 2.75) is 65.1 Å². The summed E-state index contributed by atoms with van der Waals surface area (Å²) in [6.45, 7) is 5.49. The fourth-order valence-electron chi connectivity index (χ4n) is 4.11. The summed E-state index contributed by atoms with van der Waals surface area (Å²) in [4.78, 5) is 52.4. The SMILES string of the molecule is Cc1ccc2cc1CNC(=O)[C@H](CCc1ccccc1)NC(=O)[C@@H](NC(=O)C(C)(C)CO)CC(=O)NCCCO2. The Morgan fingerprint density at radius 3 is 2.55 bits per heavy atom. The zero-order chi connectivity index (χ0) is 29.1. The fourth-order valence-corrected chi connectivity index (χ4v) is 4.11. The van der Waals surface area contributed by atoms with Crippen molar-refractivity contribution in [1.82, 2.24) is 21.3 Å². The first kappa shape index (κ1) is 30.6. The van der Waals surface area contributed by atoms with Gasteiger partial charge in [-0.25, -0.2) is 0 Å². The molecule has 0 saturated heterocycles. The van der Waals surface area contributed by atoms with Crippen molar-refractivity contribution in [2.75, 3.05) is 19.8 Å². The lowest BCUT2D eigenvalue weighted by atomic mass is 9.93. The van der Waals surface area contributed by atoms with E-state index in [1.165, 1.54) is 13.8 Å². The van der Waals surface area contributed by atoms with E-state index >= 15 is 0 Å². The normalized spacial score (nSPS) is 19.4. The van der Waals surface area contributed by atoms with Gasteiger partial charge in [0, 0.05) is 13.1 Å². The van der Waals surface area contributed by atoms with Crippen LogP contribution in [-0.2, 0) is 32.1 Å². The average Bonchev–Trinajstić information content (AvgIpc) is 2.94. The minimum atomic E-state index is -1.24. The molecule has 5 N–H and O–H groups in total. The molecule has 1 heterocycles. The fraction of sp³-hybridized carbons (Fsp3) is 0.467. The highest BCUT2D eigenvalue weighted by Gasteiger charge is 2.33. The number of nitrogens with one attached hydrogen (secondary N) is 4. The van der Waals surface area contributed by atoms with Gasteiger partial charge < -0.3 is 31.1 Å². The van der Waals surface area contributed by atoms with E-state index in [0.29, 0.717) is 38.2 Å². The molecule has 2 aromatic rings. The Morgan fingerprint density at radius 2 is 1.82 bits per heavy atom. The number of fused-ring (bicyclic) bond motifs is 2. The van der Waals surface area contributed by atoms with Gasteiger partial charge in [0.25, 0.3) is 0 Å². The first-order valence-corrected chi connectivity index (χ1v) is 13.6.